The fourth-order valence-corrected chi connectivity index (χ4v) is 4.94. The molecule has 1 saturated heterocycles. The molecule has 0 saturated carbocycles. The highest BCUT2D eigenvalue weighted by molar-refractivity contribution is 5.87. The summed E-state index contributed by atoms with van der Waals surface area (Å²) in [6, 6.07) is 11.5. The Morgan fingerprint density at radius 2 is 1.74 bits per heavy atom. The average Bonchev–Trinajstić information content (AvgIpc) is 2.70. The van der Waals surface area contributed by atoms with Gasteiger partial charge in [-0.3, -0.25) is 4.79 Å². The summed E-state index contributed by atoms with van der Waals surface area (Å²) in [5.41, 5.74) is 2.29. The van der Waals surface area contributed by atoms with Crippen LogP contribution in [0, 0.1) is 0 Å². The quantitative estimate of drug-likeness (QED) is 0.668. The van der Waals surface area contributed by atoms with E-state index >= 15 is 0 Å². The Kier molecular flexibility index (Phi) is 5.25. The number of ether oxygens (including phenoxy) is 1. The van der Waals surface area contributed by atoms with Crippen LogP contribution in [0.5, 0.6) is 5.75 Å². The van der Waals surface area contributed by atoms with Crippen molar-refractivity contribution in [1.82, 2.24) is 20.5 Å². The van der Waals surface area contributed by atoms with Gasteiger partial charge in [0, 0.05) is 41.9 Å². The maximum absolute atomic E-state index is 11.6. The van der Waals surface area contributed by atoms with Crippen molar-refractivity contribution in [3.05, 3.63) is 46.8 Å². The van der Waals surface area contributed by atoms with E-state index in [1.54, 1.807) is 13.2 Å². The molecule has 1 aliphatic heterocycles. The number of nitrogens with one attached hydrogen (secondary N) is 2. The number of piperidine rings is 1. The van der Waals surface area contributed by atoms with Crippen LogP contribution in [-0.4, -0.2) is 46.5 Å². The number of hydrogen-bond donors (Lipinski definition) is 2. The van der Waals surface area contributed by atoms with Gasteiger partial charge in [0.25, 0.3) is 0 Å². The van der Waals surface area contributed by atoms with Crippen LogP contribution >= 0.6 is 0 Å². The van der Waals surface area contributed by atoms with Crippen LogP contribution in [0.2, 0.25) is 0 Å². The summed E-state index contributed by atoms with van der Waals surface area (Å²) >= 11 is 0. The van der Waals surface area contributed by atoms with E-state index in [4.69, 9.17) is 4.74 Å². The van der Waals surface area contributed by atoms with Crippen LogP contribution in [0.4, 0.5) is 5.82 Å². The Bertz CT molecular complexity index is 1130. The Labute approximate surface area is 182 Å². The Balaban J connectivity index is 1.64. The average molecular weight is 422 g/mol. The van der Waals surface area contributed by atoms with Crippen molar-refractivity contribution >= 4 is 16.7 Å². The van der Waals surface area contributed by atoms with E-state index < -0.39 is 0 Å². The third kappa shape index (κ3) is 4.42. The van der Waals surface area contributed by atoms with Crippen molar-refractivity contribution in [2.24, 2.45) is 0 Å². The van der Waals surface area contributed by atoms with Gasteiger partial charge in [-0.1, -0.05) is 0 Å². The van der Waals surface area contributed by atoms with Crippen LogP contribution in [0.25, 0.3) is 22.2 Å². The second-order valence-corrected chi connectivity index (χ2v) is 9.80. The molecule has 1 fully saturated rings. The van der Waals surface area contributed by atoms with Crippen LogP contribution in [0.1, 0.15) is 40.5 Å². The highest BCUT2D eigenvalue weighted by atomic mass is 16.5. The van der Waals surface area contributed by atoms with E-state index in [2.05, 4.69) is 60.1 Å². The first kappa shape index (κ1) is 21.3. The molecule has 164 valence electrons. The number of anilines is 1. The minimum atomic E-state index is -0.140. The molecule has 1 aliphatic rings. The van der Waals surface area contributed by atoms with Crippen LogP contribution in [0.3, 0.4) is 0 Å². The van der Waals surface area contributed by atoms with Gasteiger partial charge in [0.2, 0.25) is 5.56 Å². The van der Waals surface area contributed by atoms with Crippen molar-refractivity contribution in [1.29, 1.82) is 0 Å². The van der Waals surface area contributed by atoms with Crippen LogP contribution in [-0.2, 0) is 0 Å². The molecule has 7 heteroatoms. The third-order valence-corrected chi connectivity index (χ3v) is 6.05. The second-order valence-electron chi connectivity index (χ2n) is 9.80. The molecule has 0 unspecified atom stereocenters. The van der Waals surface area contributed by atoms with E-state index in [0.29, 0.717) is 11.8 Å². The fourth-order valence-electron chi connectivity index (χ4n) is 4.94. The summed E-state index contributed by atoms with van der Waals surface area (Å²) in [6.45, 7) is 9.01. The summed E-state index contributed by atoms with van der Waals surface area (Å²) in [7, 11) is 3.71. The molecule has 1 aromatic carbocycles. The number of aromatic nitrogens is 3. The summed E-state index contributed by atoms with van der Waals surface area (Å²) in [5.74, 6) is 1.50. The van der Waals surface area contributed by atoms with Gasteiger partial charge >= 0.3 is 0 Å². The fraction of sp³-hybridized carbons (Fsp3) is 0.458. The highest BCUT2D eigenvalue weighted by Gasteiger charge is 2.39. The number of fused-ring (bicyclic) bond motifs is 1. The molecule has 0 spiro atoms. The normalized spacial score (nSPS) is 18.1. The van der Waals surface area contributed by atoms with Gasteiger partial charge in [-0.05, 0) is 70.2 Å². The van der Waals surface area contributed by atoms with Gasteiger partial charge in [0.1, 0.15) is 5.75 Å². The van der Waals surface area contributed by atoms with Crippen molar-refractivity contribution in [2.75, 3.05) is 19.1 Å². The first-order valence-electron chi connectivity index (χ1n) is 10.6. The number of aromatic amines is 1. The van der Waals surface area contributed by atoms with Gasteiger partial charge in [0.05, 0.1) is 18.3 Å². The van der Waals surface area contributed by atoms with Crippen molar-refractivity contribution < 1.29 is 4.74 Å². The Hall–Kier alpha value is -2.93. The van der Waals surface area contributed by atoms with Crippen molar-refractivity contribution in [2.45, 2.75) is 57.7 Å². The first-order chi connectivity index (χ1) is 14.6. The molecular weight excluding hydrogens is 390 g/mol. The summed E-state index contributed by atoms with van der Waals surface area (Å²) < 4.78 is 5.56. The molecule has 31 heavy (non-hydrogen) atoms. The minimum Gasteiger partial charge on any atom is -0.496 e. The molecule has 0 radical (unpaired) electrons. The standard InChI is InChI=1S/C24H31N5O2/c1-23(2)13-16(14-24(3,4)28-23)29(5)21-9-8-18(26-27-21)17-11-15-7-10-22(30)25-19(15)12-20(17)31-6/h7-12,16,28H,13-14H2,1-6H3,(H,25,30). The lowest BCUT2D eigenvalue weighted by atomic mass is 9.79. The molecule has 3 heterocycles. The van der Waals surface area contributed by atoms with E-state index in [1.807, 2.05) is 24.3 Å². The van der Waals surface area contributed by atoms with Gasteiger partial charge in [-0.25, -0.2) is 0 Å². The molecule has 4 rings (SSSR count). The zero-order valence-corrected chi connectivity index (χ0v) is 19.1. The van der Waals surface area contributed by atoms with Gasteiger partial charge in [-0.15, -0.1) is 10.2 Å². The molecule has 0 bridgehead atoms. The Morgan fingerprint density at radius 3 is 2.35 bits per heavy atom. The maximum atomic E-state index is 11.6. The molecule has 3 aromatic rings. The summed E-state index contributed by atoms with van der Waals surface area (Å²) in [6.07, 6.45) is 2.07. The molecule has 7 nitrogen and oxygen atoms in total. The molecule has 2 N–H and O–H groups in total. The largest absolute Gasteiger partial charge is 0.496 e. The minimum absolute atomic E-state index is 0.0630. The predicted octanol–water partition coefficient (Wildman–Crippen LogP) is 3.74. The summed E-state index contributed by atoms with van der Waals surface area (Å²) in [5, 5.41) is 13.7. The third-order valence-electron chi connectivity index (χ3n) is 6.05. The molecular formula is C24H31N5O2. The SMILES string of the molecule is COc1cc2[nH]c(=O)ccc2cc1-c1ccc(N(C)C2CC(C)(C)NC(C)(C)C2)nn1. The van der Waals surface area contributed by atoms with E-state index in [0.717, 1.165) is 40.8 Å². The van der Waals surface area contributed by atoms with E-state index in [-0.39, 0.29) is 16.6 Å². The van der Waals surface area contributed by atoms with Crippen molar-refractivity contribution in [3.63, 3.8) is 0 Å². The topological polar surface area (TPSA) is 83.1 Å². The summed E-state index contributed by atoms with van der Waals surface area (Å²) in [4.78, 5) is 16.7. The van der Waals surface area contributed by atoms with Gasteiger partial charge in [-0.2, -0.15) is 0 Å². The number of benzene rings is 1. The Morgan fingerprint density at radius 1 is 1.03 bits per heavy atom. The highest BCUT2D eigenvalue weighted by Crippen LogP contribution is 2.34. The zero-order chi connectivity index (χ0) is 22.4. The molecule has 2 aromatic heterocycles. The second kappa shape index (κ2) is 7.64. The lowest BCUT2D eigenvalue weighted by Crippen LogP contribution is -2.62. The first-order valence-corrected chi connectivity index (χ1v) is 10.6. The molecule has 0 amide bonds. The van der Waals surface area contributed by atoms with Gasteiger partial charge in [0.15, 0.2) is 5.82 Å². The lowest BCUT2D eigenvalue weighted by Gasteiger charge is -2.49. The predicted molar refractivity (Wildman–Crippen MR) is 125 cm³/mol. The van der Waals surface area contributed by atoms with Gasteiger partial charge < -0.3 is 19.9 Å². The van der Waals surface area contributed by atoms with Crippen LogP contribution < -0.4 is 20.5 Å². The van der Waals surface area contributed by atoms with Crippen LogP contribution in [0.15, 0.2) is 41.2 Å². The number of H-pyrrole nitrogens is 1. The maximum Gasteiger partial charge on any atom is 0.248 e. The van der Waals surface area contributed by atoms with E-state index in [9.17, 15) is 4.79 Å². The number of methoxy groups -OCH3 is 1. The number of nitrogens with zero attached hydrogens (tertiary/aromatic N) is 3. The monoisotopic (exact) mass is 421 g/mol. The van der Waals surface area contributed by atoms with Crippen molar-refractivity contribution in [3.8, 4) is 17.0 Å². The zero-order valence-electron chi connectivity index (χ0n) is 19.1. The van der Waals surface area contributed by atoms with E-state index in [1.165, 1.54) is 6.07 Å². The smallest absolute Gasteiger partial charge is 0.248 e. The number of pyridine rings is 1. The molecule has 0 aliphatic carbocycles. The number of hydrogen-bond acceptors (Lipinski definition) is 6. The lowest BCUT2D eigenvalue weighted by molar-refractivity contribution is 0.160. The molecule has 0 atom stereocenters. The number of rotatable bonds is 4.